The fourth-order valence-corrected chi connectivity index (χ4v) is 10.1. The van der Waals surface area contributed by atoms with Gasteiger partial charge in [0.25, 0.3) is 5.91 Å². The first-order valence-electron chi connectivity index (χ1n) is 19.7. The Hall–Kier alpha value is -5.28. The zero-order valence-corrected chi connectivity index (χ0v) is 33.6. The molecule has 2 aromatic carbocycles. The van der Waals surface area contributed by atoms with Crippen molar-refractivity contribution in [1.82, 2.24) is 29.5 Å². The molecule has 1 amide bonds. The lowest BCUT2D eigenvalue weighted by Crippen LogP contribution is -2.44. The molecule has 10 nitrogen and oxygen atoms in total. The Kier molecular flexibility index (Phi) is 10.2. The van der Waals surface area contributed by atoms with E-state index in [9.17, 15) is 14.4 Å². The lowest BCUT2D eigenvalue weighted by Gasteiger charge is -2.32. The van der Waals surface area contributed by atoms with Gasteiger partial charge in [0.15, 0.2) is 11.6 Å². The van der Waals surface area contributed by atoms with E-state index in [1.165, 1.54) is 11.1 Å². The summed E-state index contributed by atoms with van der Waals surface area (Å²) in [6, 6.07) is 17.4. The van der Waals surface area contributed by atoms with Crippen molar-refractivity contribution in [2.24, 2.45) is 10.9 Å². The number of Topliss-reactive ketones (excluding diaryl/α,β-unsaturated/α-hetero) is 2. The lowest BCUT2D eigenvalue weighted by atomic mass is 9.89. The van der Waals surface area contributed by atoms with Crippen molar-refractivity contribution in [3.05, 3.63) is 127 Å². The van der Waals surface area contributed by atoms with Crippen molar-refractivity contribution >= 4 is 46.1 Å². The van der Waals surface area contributed by atoms with Crippen LogP contribution in [0.4, 0.5) is 0 Å². The van der Waals surface area contributed by atoms with E-state index >= 15 is 0 Å². The Morgan fingerprint density at radius 2 is 1.77 bits per heavy atom. The van der Waals surface area contributed by atoms with Gasteiger partial charge in [0, 0.05) is 47.4 Å². The maximum atomic E-state index is 13.3. The molecule has 288 valence electrons. The van der Waals surface area contributed by atoms with Crippen molar-refractivity contribution in [2.75, 3.05) is 13.1 Å². The molecule has 1 saturated carbocycles. The molecular weight excluding hydrogens is 754 g/mol. The second-order valence-corrected chi connectivity index (χ2v) is 17.0. The van der Waals surface area contributed by atoms with Crippen molar-refractivity contribution < 1.29 is 14.4 Å². The lowest BCUT2D eigenvalue weighted by molar-refractivity contribution is -0.133. The molecule has 1 unspecified atom stereocenters. The number of fused-ring (bicyclic) bond motifs is 4. The summed E-state index contributed by atoms with van der Waals surface area (Å²) in [6.45, 7) is 7.89. The number of thiophene rings is 1. The number of likely N-dealkylation sites (tertiary alicyclic amines) is 1. The largest absolute Gasteiger partial charge is 0.324 e. The number of ketones is 2. The summed E-state index contributed by atoms with van der Waals surface area (Å²) in [5.74, 6) is 8.76. The van der Waals surface area contributed by atoms with Gasteiger partial charge >= 0.3 is 0 Å². The predicted octanol–water partition coefficient (Wildman–Crippen LogP) is 7.24. The van der Waals surface area contributed by atoms with Crippen LogP contribution in [-0.2, 0) is 35.6 Å². The number of hydrogen-bond donors (Lipinski definition) is 0. The van der Waals surface area contributed by atoms with Crippen molar-refractivity contribution in [3.63, 3.8) is 0 Å². The molecular formula is C45H42ClN7O3S. The second-order valence-electron chi connectivity index (χ2n) is 15.6. The Morgan fingerprint density at radius 3 is 2.54 bits per heavy atom. The molecule has 0 radical (unpaired) electrons. The number of benzene rings is 2. The molecule has 0 spiro atoms. The molecule has 2 fully saturated rings. The highest BCUT2D eigenvalue weighted by Crippen LogP contribution is 2.37. The number of aliphatic imine (C=N–C) groups is 1. The quantitative estimate of drug-likeness (QED) is 0.126. The maximum absolute atomic E-state index is 13.3. The average molecular weight is 796 g/mol. The van der Waals surface area contributed by atoms with Gasteiger partial charge in [0.1, 0.15) is 28.8 Å². The Bertz CT molecular complexity index is 2500. The smallest absolute Gasteiger partial charge is 0.255 e. The van der Waals surface area contributed by atoms with Crippen LogP contribution in [0.2, 0.25) is 5.02 Å². The molecule has 6 heterocycles. The van der Waals surface area contributed by atoms with E-state index in [1.54, 1.807) is 16.2 Å². The van der Waals surface area contributed by atoms with Crippen molar-refractivity contribution in [2.45, 2.75) is 84.5 Å². The van der Waals surface area contributed by atoms with Crippen LogP contribution in [0.5, 0.6) is 0 Å². The third kappa shape index (κ3) is 7.38. The van der Waals surface area contributed by atoms with Crippen LogP contribution in [0.3, 0.4) is 0 Å². The van der Waals surface area contributed by atoms with Gasteiger partial charge in [-0.15, -0.1) is 21.5 Å². The number of aryl methyl sites for hydroxylation is 2. The SMILES string of the molecule is Cc1c(C#Cc2ccc(CN3CCC(CCc4cccc5c4CN(C4CCC(=O)CC4=O)C5=O)CC3)cn2)sc2c1C(c1ccc(Cl)cc1)=NCc1nnc(C)n1-2. The summed E-state index contributed by atoms with van der Waals surface area (Å²) < 4.78 is 2.10. The Balaban J connectivity index is 0.814. The monoisotopic (exact) mass is 795 g/mol. The molecule has 0 bridgehead atoms. The van der Waals surface area contributed by atoms with Crippen molar-refractivity contribution in [1.29, 1.82) is 0 Å². The van der Waals surface area contributed by atoms with E-state index in [4.69, 9.17) is 21.6 Å². The summed E-state index contributed by atoms with van der Waals surface area (Å²) in [4.78, 5) is 52.6. The van der Waals surface area contributed by atoms with Crippen LogP contribution in [0.1, 0.15) is 104 Å². The van der Waals surface area contributed by atoms with E-state index in [0.29, 0.717) is 42.4 Å². The normalized spacial score (nSPS) is 18.4. The molecule has 3 aliphatic heterocycles. The number of rotatable bonds is 7. The van der Waals surface area contributed by atoms with Gasteiger partial charge in [-0.25, -0.2) is 4.98 Å². The number of hydrogen-bond acceptors (Lipinski definition) is 9. The van der Waals surface area contributed by atoms with Crippen LogP contribution in [0.25, 0.3) is 5.00 Å². The van der Waals surface area contributed by atoms with Crippen LogP contribution in [0, 0.1) is 31.6 Å². The third-order valence-corrected chi connectivity index (χ3v) is 13.4. The number of nitrogens with zero attached hydrogens (tertiary/aromatic N) is 7. The average Bonchev–Trinajstić information content (AvgIpc) is 3.82. The van der Waals surface area contributed by atoms with E-state index in [2.05, 4.69) is 50.6 Å². The highest BCUT2D eigenvalue weighted by molar-refractivity contribution is 7.15. The first-order valence-corrected chi connectivity index (χ1v) is 20.9. The van der Waals surface area contributed by atoms with Gasteiger partial charge < -0.3 is 4.90 Å². The number of amides is 1. The molecule has 1 saturated heterocycles. The van der Waals surface area contributed by atoms with Crippen molar-refractivity contribution in [3.8, 4) is 16.8 Å². The number of carbonyl (C=O) groups excluding carboxylic acids is 3. The van der Waals surface area contributed by atoms with Crippen LogP contribution < -0.4 is 0 Å². The van der Waals surface area contributed by atoms with Gasteiger partial charge in [-0.1, -0.05) is 41.9 Å². The summed E-state index contributed by atoms with van der Waals surface area (Å²) in [7, 11) is 0. The fourth-order valence-electron chi connectivity index (χ4n) is 8.76. The molecule has 5 aromatic rings. The van der Waals surface area contributed by atoms with Crippen LogP contribution in [-0.4, -0.2) is 71.9 Å². The number of pyridine rings is 1. The summed E-state index contributed by atoms with van der Waals surface area (Å²) in [5.41, 5.74) is 8.89. The Labute approximate surface area is 341 Å². The molecule has 1 atom stereocenters. The first kappa shape index (κ1) is 37.3. The number of piperidine rings is 1. The first-order chi connectivity index (χ1) is 27.7. The Morgan fingerprint density at radius 1 is 0.947 bits per heavy atom. The summed E-state index contributed by atoms with van der Waals surface area (Å²) >= 11 is 7.85. The minimum atomic E-state index is -0.480. The van der Waals surface area contributed by atoms with E-state index in [-0.39, 0.29) is 23.9 Å². The summed E-state index contributed by atoms with van der Waals surface area (Å²) in [5, 5.41) is 10.5. The van der Waals surface area contributed by atoms with Gasteiger partial charge in [0.05, 0.1) is 23.1 Å². The van der Waals surface area contributed by atoms with Crippen LogP contribution >= 0.6 is 22.9 Å². The number of aromatic nitrogens is 4. The second kappa shape index (κ2) is 15.6. The van der Waals surface area contributed by atoms with Crippen LogP contribution in [0.15, 0.2) is 65.8 Å². The van der Waals surface area contributed by atoms with E-state index in [0.717, 1.165) is 101 Å². The zero-order valence-electron chi connectivity index (χ0n) is 32.1. The minimum Gasteiger partial charge on any atom is -0.324 e. The molecule has 1 aliphatic carbocycles. The van der Waals surface area contributed by atoms with Gasteiger partial charge in [-0.2, -0.15) is 0 Å². The molecule has 0 N–H and O–H groups in total. The predicted molar refractivity (Wildman–Crippen MR) is 220 cm³/mol. The van der Waals surface area contributed by atoms with E-state index in [1.807, 2.05) is 55.6 Å². The summed E-state index contributed by atoms with van der Waals surface area (Å²) in [6.07, 6.45) is 6.96. The fraction of sp³-hybridized carbons (Fsp3) is 0.356. The molecule has 57 heavy (non-hydrogen) atoms. The number of carbonyl (C=O) groups is 3. The standard InChI is InChI=1S/C45H42ClN7O3S/c1-27-40(57-45-42(27)43(32-9-11-33(46)12-10-32)48-24-41-50-49-28(2)53(41)45)17-14-34-13-7-30(23-47-34)25-51-20-18-29(19-21-51)6-8-31-4-3-5-36-37(31)26-52(44(36)56)38-16-15-35(54)22-39(38)55/h3-5,7,9-13,23,29,38H,6,8,15-16,18-22,24-26H2,1-2H3. The maximum Gasteiger partial charge on any atom is 0.255 e. The topological polar surface area (TPSA) is 114 Å². The molecule has 3 aromatic heterocycles. The van der Waals surface area contributed by atoms with Gasteiger partial charge in [0.2, 0.25) is 0 Å². The van der Waals surface area contributed by atoms with Gasteiger partial charge in [-0.3, -0.25) is 28.8 Å². The van der Waals surface area contributed by atoms with E-state index < -0.39 is 6.04 Å². The molecule has 4 aliphatic rings. The zero-order chi connectivity index (χ0) is 39.2. The molecule has 9 rings (SSSR count). The minimum absolute atomic E-state index is 0.0217. The third-order valence-electron chi connectivity index (χ3n) is 11.9. The number of halogens is 1. The highest BCUT2D eigenvalue weighted by Gasteiger charge is 2.39. The van der Waals surface area contributed by atoms with Gasteiger partial charge in [-0.05, 0) is 123 Å². The highest BCUT2D eigenvalue weighted by atomic mass is 35.5. The molecule has 12 heteroatoms.